The highest BCUT2D eigenvalue weighted by Crippen LogP contribution is 2.26. The van der Waals surface area contributed by atoms with Gasteiger partial charge in [0.1, 0.15) is 11.5 Å². The van der Waals surface area contributed by atoms with Gasteiger partial charge in [-0.05, 0) is 19.4 Å². The number of methoxy groups -OCH3 is 2. The van der Waals surface area contributed by atoms with Crippen LogP contribution in [0.4, 0.5) is 5.69 Å². The van der Waals surface area contributed by atoms with E-state index in [0.29, 0.717) is 23.1 Å². The highest BCUT2D eigenvalue weighted by atomic mass is 16.5. The van der Waals surface area contributed by atoms with Crippen LogP contribution < -0.4 is 19.5 Å². The zero-order valence-electron chi connectivity index (χ0n) is 16.0. The maximum absolute atomic E-state index is 12.2. The molecule has 8 heteroatoms. The van der Waals surface area contributed by atoms with Gasteiger partial charge in [-0.25, -0.2) is 0 Å². The van der Waals surface area contributed by atoms with Crippen molar-refractivity contribution in [3.8, 4) is 17.4 Å². The minimum absolute atomic E-state index is 0.172. The van der Waals surface area contributed by atoms with Gasteiger partial charge in [-0.2, -0.15) is 10.1 Å². The van der Waals surface area contributed by atoms with Crippen molar-refractivity contribution in [2.45, 2.75) is 13.8 Å². The lowest BCUT2D eigenvalue weighted by Gasteiger charge is -2.11. The molecule has 27 heavy (non-hydrogen) atoms. The fraction of sp³-hybridized carbons (Fsp3) is 0.316. The van der Waals surface area contributed by atoms with E-state index in [1.807, 2.05) is 20.9 Å². The standard InChI is InChI=1S/C19H22N4O4/c1-11-6-17(21-19-18(11)12(2)22-23(19)3)27-10-16(24)20-13-7-14(25-4)9-15(8-13)26-5/h6-9H,10H2,1-5H3,(H,20,24). The van der Waals surface area contributed by atoms with Gasteiger partial charge in [-0.1, -0.05) is 0 Å². The molecule has 0 atom stereocenters. The number of fused-ring (bicyclic) bond motifs is 1. The maximum Gasteiger partial charge on any atom is 0.262 e. The Kier molecular flexibility index (Phi) is 5.16. The summed E-state index contributed by atoms with van der Waals surface area (Å²) in [4.78, 5) is 16.7. The van der Waals surface area contributed by atoms with Crippen LogP contribution in [0.2, 0.25) is 0 Å². The first-order chi connectivity index (χ1) is 12.9. The lowest BCUT2D eigenvalue weighted by Crippen LogP contribution is -2.20. The fourth-order valence-corrected chi connectivity index (χ4v) is 2.92. The smallest absolute Gasteiger partial charge is 0.262 e. The van der Waals surface area contributed by atoms with Crippen LogP contribution in [-0.2, 0) is 11.8 Å². The second kappa shape index (κ2) is 7.53. The summed E-state index contributed by atoms with van der Waals surface area (Å²) < 4.78 is 17.7. The molecule has 0 unspecified atom stereocenters. The number of ether oxygens (including phenoxy) is 3. The van der Waals surface area contributed by atoms with E-state index in [2.05, 4.69) is 15.4 Å². The van der Waals surface area contributed by atoms with Gasteiger partial charge >= 0.3 is 0 Å². The molecule has 0 saturated carbocycles. The minimum Gasteiger partial charge on any atom is -0.497 e. The summed E-state index contributed by atoms with van der Waals surface area (Å²) in [5, 5.41) is 8.13. The number of benzene rings is 1. The molecule has 0 aliphatic carbocycles. The number of nitrogens with one attached hydrogen (secondary N) is 1. The first-order valence-corrected chi connectivity index (χ1v) is 8.38. The lowest BCUT2D eigenvalue weighted by atomic mass is 10.2. The molecule has 0 saturated heterocycles. The molecule has 1 amide bonds. The van der Waals surface area contributed by atoms with Crippen molar-refractivity contribution >= 4 is 22.6 Å². The summed E-state index contributed by atoms with van der Waals surface area (Å²) in [5.74, 6) is 1.23. The van der Waals surface area contributed by atoms with Gasteiger partial charge in [0, 0.05) is 42.4 Å². The van der Waals surface area contributed by atoms with Crippen LogP contribution in [0, 0.1) is 13.8 Å². The van der Waals surface area contributed by atoms with E-state index in [0.717, 1.165) is 22.3 Å². The minimum atomic E-state index is -0.314. The molecule has 0 bridgehead atoms. The van der Waals surface area contributed by atoms with Crippen LogP contribution in [0.5, 0.6) is 17.4 Å². The number of anilines is 1. The SMILES string of the molecule is COc1cc(NC(=O)COc2cc(C)c3c(C)nn(C)c3n2)cc(OC)c1. The molecule has 0 radical (unpaired) electrons. The van der Waals surface area contributed by atoms with Crippen molar-refractivity contribution in [3.63, 3.8) is 0 Å². The molecule has 0 fully saturated rings. The summed E-state index contributed by atoms with van der Waals surface area (Å²) in [5.41, 5.74) is 3.19. The number of hydrogen-bond donors (Lipinski definition) is 1. The van der Waals surface area contributed by atoms with E-state index in [4.69, 9.17) is 14.2 Å². The second-order valence-corrected chi connectivity index (χ2v) is 6.12. The molecule has 1 aromatic carbocycles. The van der Waals surface area contributed by atoms with E-state index < -0.39 is 0 Å². The Bertz CT molecular complexity index is 975. The predicted octanol–water partition coefficient (Wildman–Crippen LogP) is 2.62. The average Bonchev–Trinajstić information content (AvgIpc) is 2.93. The van der Waals surface area contributed by atoms with Gasteiger partial charge in [0.25, 0.3) is 5.91 Å². The second-order valence-electron chi connectivity index (χ2n) is 6.12. The first kappa shape index (κ1) is 18.5. The van der Waals surface area contributed by atoms with Crippen LogP contribution in [0.15, 0.2) is 24.3 Å². The Hall–Kier alpha value is -3.29. The first-order valence-electron chi connectivity index (χ1n) is 8.38. The molecule has 2 heterocycles. The molecule has 0 aliphatic rings. The zero-order chi connectivity index (χ0) is 19.6. The van der Waals surface area contributed by atoms with Gasteiger partial charge in [0.05, 0.1) is 19.9 Å². The number of rotatable bonds is 6. The average molecular weight is 370 g/mol. The van der Waals surface area contributed by atoms with Gasteiger partial charge in [0.2, 0.25) is 5.88 Å². The van der Waals surface area contributed by atoms with Crippen molar-refractivity contribution in [1.82, 2.24) is 14.8 Å². The highest BCUT2D eigenvalue weighted by Gasteiger charge is 2.13. The molecule has 0 aliphatic heterocycles. The van der Waals surface area contributed by atoms with E-state index in [1.165, 1.54) is 0 Å². The Morgan fingerprint density at radius 1 is 1.11 bits per heavy atom. The van der Waals surface area contributed by atoms with Gasteiger partial charge in [-0.3, -0.25) is 9.48 Å². The number of hydrogen-bond acceptors (Lipinski definition) is 6. The molecule has 0 spiro atoms. The number of carbonyl (C=O) groups is 1. The van der Waals surface area contributed by atoms with Crippen LogP contribution in [-0.4, -0.2) is 41.5 Å². The number of nitrogens with zero attached hydrogens (tertiary/aromatic N) is 3. The summed E-state index contributed by atoms with van der Waals surface area (Å²) in [6.45, 7) is 3.73. The number of carbonyl (C=O) groups excluding carboxylic acids is 1. The molecule has 3 aromatic rings. The number of aromatic nitrogens is 3. The third kappa shape index (κ3) is 3.94. The fourth-order valence-electron chi connectivity index (χ4n) is 2.92. The molecule has 3 rings (SSSR count). The van der Waals surface area contributed by atoms with Crippen molar-refractivity contribution < 1.29 is 19.0 Å². The molecular weight excluding hydrogens is 348 g/mol. The van der Waals surface area contributed by atoms with Crippen molar-refractivity contribution in [2.75, 3.05) is 26.1 Å². The zero-order valence-corrected chi connectivity index (χ0v) is 16.0. The van der Waals surface area contributed by atoms with E-state index in [-0.39, 0.29) is 12.5 Å². The Morgan fingerprint density at radius 3 is 2.41 bits per heavy atom. The topological polar surface area (TPSA) is 87.5 Å². The number of amides is 1. The summed E-state index contributed by atoms with van der Waals surface area (Å²) in [7, 11) is 4.93. The van der Waals surface area contributed by atoms with E-state index in [1.54, 1.807) is 43.2 Å². The van der Waals surface area contributed by atoms with Crippen LogP contribution in [0.1, 0.15) is 11.3 Å². The third-order valence-electron chi connectivity index (χ3n) is 4.13. The van der Waals surface area contributed by atoms with Gasteiger partial charge in [-0.15, -0.1) is 0 Å². The lowest BCUT2D eigenvalue weighted by molar-refractivity contribution is -0.118. The maximum atomic E-state index is 12.2. The summed E-state index contributed by atoms with van der Waals surface area (Å²) in [6.07, 6.45) is 0. The predicted molar refractivity (Wildman–Crippen MR) is 102 cm³/mol. The van der Waals surface area contributed by atoms with E-state index in [9.17, 15) is 4.79 Å². The van der Waals surface area contributed by atoms with Crippen LogP contribution in [0.3, 0.4) is 0 Å². The van der Waals surface area contributed by atoms with Gasteiger partial charge in [0.15, 0.2) is 12.3 Å². The quantitative estimate of drug-likeness (QED) is 0.718. The van der Waals surface area contributed by atoms with Crippen molar-refractivity contribution in [1.29, 1.82) is 0 Å². The molecule has 8 nitrogen and oxygen atoms in total. The summed E-state index contributed by atoms with van der Waals surface area (Å²) >= 11 is 0. The molecule has 142 valence electrons. The molecular formula is C19H22N4O4. The Balaban J connectivity index is 1.71. The summed E-state index contributed by atoms with van der Waals surface area (Å²) in [6, 6.07) is 6.93. The normalized spacial score (nSPS) is 10.7. The van der Waals surface area contributed by atoms with Crippen LogP contribution in [0.25, 0.3) is 11.0 Å². The van der Waals surface area contributed by atoms with E-state index >= 15 is 0 Å². The van der Waals surface area contributed by atoms with Crippen molar-refractivity contribution in [2.24, 2.45) is 7.05 Å². The highest BCUT2D eigenvalue weighted by molar-refractivity contribution is 5.92. The van der Waals surface area contributed by atoms with Crippen LogP contribution >= 0.6 is 0 Å². The molecule has 1 N–H and O–H groups in total. The number of pyridine rings is 1. The molecule has 2 aromatic heterocycles. The Morgan fingerprint density at radius 2 is 1.78 bits per heavy atom. The number of aryl methyl sites for hydroxylation is 3. The van der Waals surface area contributed by atoms with Gasteiger partial charge < -0.3 is 19.5 Å². The Labute approximate surface area is 157 Å². The van der Waals surface area contributed by atoms with Crippen molar-refractivity contribution in [3.05, 3.63) is 35.5 Å². The monoisotopic (exact) mass is 370 g/mol. The third-order valence-corrected chi connectivity index (χ3v) is 4.13. The largest absolute Gasteiger partial charge is 0.497 e.